The molecule has 2 aromatic heterocycles. The minimum absolute atomic E-state index is 0.266. The average molecular weight is 356 g/mol. The molecule has 3 rings (SSSR count). The molecule has 25 heavy (non-hydrogen) atoms. The van der Waals surface area contributed by atoms with Crippen LogP contribution in [0.1, 0.15) is 11.1 Å². The summed E-state index contributed by atoms with van der Waals surface area (Å²) in [5.41, 5.74) is 8.13. The first-order valence-corrected chi connectivity index (χ1v) is 9.24. The van der Waals surface area contributed by atoms with Gasteiger partial charge in [-0.05, 0) is 35.9 Å². The smallest absolute Gasteiger partial charge is 0.249 e. The van der Waals surface area contributed by atoms with Crippen molar-refractivity contribution in [2.75, 3.05) is 11.0 Å². The van der Waals surface area contributed by atoms with E-state index < -0.39 is 15.9 Å². The van der Waals surface area contributed by atoms with Crippen LogP contribution < -0.4 is 10.5 Å². The Balaban J connectivity index is 2.08. The molecule has 0 aliphatic heterocycles. The van der Waals surface area contributed by atoms with E-state index in [0.717, 1.165) is 17.2 Å². The molecule has 0 bridgehead atoms. The van der Waals surface area contributed by atoms with Crippen molar-refractivity contribution >= 4 is 44.3 Å². The normalized spacial score (nSPS) is 12.3. The number of hydrogen-bond acceptors (Lipinski definition) is 4. The topological polar surface area (TPSA) is 118 Å². The number of H-pyrrole nitrogens is 1. The number of nitrogens with two attached hydrogens (primary N) is 1. The van der Waals surface area contributed by atoms with Gasteiger partial charge in [-0.3, -0.25) is 9.52 Å². The largest absolute Gasteiger partial charge is 0.366 e. The lowest BCUT2D eigenvalue weighted by Crippen LogP contribution is -2.14. The van der Waals surface area contributed by atoms with Gasteiger partial charge in [0.15, 0.2) is 0 Å². The van der Waals surface area contributed by atoms with E-state index in [1.165, 1.54) is 0 Å². The third-order valence-corrected chi connectivity index (χ3v) is 4.13. The van der Waals surface area contributed by atoms with E-state index in [-0.39, 0.29) is 5.57 Å². The maximum absolute atomic E-state index is 11.9. The summed E-state index contributed by atoms with van der Waals surface area (Å²) in [6.07, 6.45) is 6.12. The predicted molar refractivity (Wildman–Crippen MR) is 98.1 cm³/mol. The number of pyridine rings is 1. The Morgan fingerprint density at radius 1 is 1.28 bits per heavy atom. The Morgan fingerprint density at radius 2 is 2.08 bits per heavy atom. The van der Waals surface area contributed by atoms with Crippen molar-refractivity contribution in [2.45, 2.75) is 0 Å². The van der Waals surface area contributed by atoms with Gasteiger partial charge < -0.3 is 10.7 Å². The molecule has 2 heterocycles. The molecule has 1 aromatic carbocycles. The molecule has 0 radical (unpaired) electrons. The highest BCUT2D eigenvalue weighted by atomic mass is 32.2. The average Bonchev–Trinajstić information content (AvgIpc) is 2.94. The van der Waals surface area contributed by atoms with Crippen LogP contribution in [0.15, 0.2) is 48.8 Å². The van der Waals surface area contributed by atoms with Crippen molar-refractivity contribution in [1.82, 2.24) is 9.97 Å². The maximum Gasteiger partial charge on any atom is 0.249 e. The van der Waals surface area contributed by atoms with Crippen LogP contribution in [0, 0.1) is 0 Å². The first-order chi connectivity index (χ1) is 11.8. The van der Waals surface area contributed by atoms with Crippen molar-refractivity contribution in [1.29, 1.82) is 0 Å². The minimum Gasteiger partial charge on any atom is -0.366 e. The van der Waals surface area contributed by atoms with Crippen LogP contribution in [0.3, 0.4) is 0 Å². The number of anilines is 1. The highest BCUT2D eigenvalue weighted by Crippen LogP contribution is 2.25. The quantitative estimate of drug-likeness (QED) is 0.606. The first-order valence-electron chi connectivity index (χ1n) is 7.35. The molecule has 7 nitrogen and oxygen atoms in total. The second kappa shape index (κ2) is 6.40. The van der Waals surface area contributed by atoms with Gasteiger partial charge in [-0.25, -0.2) is 13.4 Å². The molecule has 128 valence electrons. The monoisotopic (exact) mass is 356 g/mol. The third-order valence-electron chi connectivity index (χ3n) is 3.53. The van der Waals surface area contributed by atoms with Gasteiger partial charge in [0, 0.05) is 34.6 Å². The summed E-state index contributed by atoms with van der Waals surface area (Å²) in [6, 6.07) is 10.2. The van der Waals surface area contributed by atoms with E-state index in [9.17, 15) is 13.2 Å². The van der Waals surface area contributed by atoms with Gasteiger partial charge in [-0.2, -0.15) is 0 Å². The summed E-state index contributed by atoms with van der Waals surface area (Å²) in [5, 5.41) is 0.853. The van der Waals surface area contributed by atoms with Crippen molar-refractivity contribution in [3.05, 3.63) is 59.9 Å². The molecule has 0 aliphatic rings. The molecular weight excluding hydrogens is 340 g/mol. The fraction of sp³-hybridized carbons (Fsp3) is 0.0588. The summed E-state index contributed by atoms with van der Waals surface area (Å²) < 4.78 is 25.2. The first kappa shape index (κ1) is 16.7. The number of rotatable bonds is 5. The van der Waals surface area contributed by atoms with E-state index in [1.54, 1.807) is 48.8 Å². The van der Waals surface area contributed by atoms with Crippen LogP contribution in [-0.4, -0.2) is 30.5 Å². The Kier molecular flexibility index (Phi) is 4.28. The summed E-state index contributed by atoms with van der Waals surface area (Å²) in [7, 11) is -3.42. The van der Waals surface area contributed by atoms with Gasteiger partial charge in [0.25, 0.3) is 0 Å². The molecule has 0 fully saturated rings. The van der Waals surface area contributed by atoms with Crippen LogP contribution >= 0.6 is 0 Å². The number of carbonyl (C=O) groups excluding carboxylic acids is 1. The molecule has 3 aromatic rings. The molecular formula is C17H16N4O3S. The predicted octanol–water partition coefficient (Wildman–Crippen LogP) is 1.96. The molecule has 0 saturated carbocycles. The zero-order valence-corrected chi connectivity index (χ0v) is 14.2. The summed E-state index contributed by atoms with van der Waals surface area (Å²) in [6.45, 7) is 0. The Bertz CT molecular complexity index is 1080. The van der Waals surface area contributed by atoms with Gasteiger partial charge in [-0.15, -0.1) is 0 Å². The minimum atomic E-state index is -3.42. The number of sulfonamides is 1. The highest BCUT2D eigenvalue weighted by molar-refractivity contribution is 7.92. The molecule has 0 aliphatic carbocycles. The van der Waals surface area contributed by atoms with Gasteiger partial charge in [0.2, 0.25) is 15.9 Å². The van der Waals surface area contributed by atoms with E-state index >= 15 is 0 Å². The number of aromatic amines is 1. The maximum atomic E-state index is 11.9. The number of benzene rings is 1. The summed E-state index contributed by atoms with van der Waals surface area (Å²) in [4.78, 5) is 19.2. The summed E-state index contributed by atoms with van der Waals surface area (Å²) in [5.74, 6) is -0.616. The molecule has 0 saturated heterocycles. The van der Waals surface area contributed by atoms with Crippen molar-refractivity contribution < 1.29 is 13.2 Å². The molecule has 0 spiro atoms. The van der Waals surface area contributed by atoms with Crippen LogP contribution in [-0.2, 0) is 14.8 Å². The van der Waals surface area contributed by atoms with Crippen molar-refractivity contribution in [3.8, 4) is 0 Å². The highest BCUT2D eigenvalue weighted by Gasteiger charge is 2.12. The SMILES string of the molecule is CS(=O)(=O)Nc1cccc(C(=Cc2c[nH]c3ncccc23)C(N)=O)c1. The lowest BCUT2D eigenvalue weighted by Gasteiger charge is -2.08. The number of amides is 1. The van der Waals surface area contributed by atoms with Gasteiger partial charge in [0.1, 0.15) is 5.65 Å². The van der Waals surface area contributed by atoms with E-state index in [2.05, 4.69) is 14.7 Å². The number of nitrogens with zero attached hydrogens (tertiary/aromatic N) is 1. The Hall–Kier alpha value is -3.13. The number of primary amides is 1. The van der Waals surface area contributed by atoms with E-state index in [1.807, 2.05) is 6.07 Å². The second-order valence-corrected chi connectivity index (χ2v) is 7.27. The van der Waals surface area contributed by atoms with Crippen LogP contribution in [0.2, 0.25) is 0 Å². The van der Waals surface area contributed by atoms with Crippen LogP contribution in [0.4, 0.5) is 5.69 Å². The molecule has 1 amide bonds. The second-order valence-electron chi connectivity index (χ2n) is 5.52. The number of fused-ring (bicyclic) bond motifs is 1. The molecule has 0 unspecified atom stereocenters. The number of nitrogens with one attached hydrogen (secondary N) is 2. The van der Waals surface area contributed by atoms with Gasteiger partial charge in [0.05, 0.1) is 6.26 Å². The van der Waals surface area contributed by atoms with Crippen molar-refractivity contribution in [3.63, 3.8) is 0 Å². The fourth-order valence-corrected chi connectivity index (χ4v) is 3.07. The number of carbonyl (C=O) groups is 1. The van der Waals surface area contributed by atoms with Crippen molar-refractivity contribution in [2.24, 2.45) is 5.73 Å². The lowest BCUT2D eigenvalue weighted by atomic mass is 10.0. The molecule has 4 N–H and O–H groups in total. The summed E-state index contributed by atoms with van der Waals surface area (Å²) >= 11 is 0. The van der Waals surface area contributed by atoms with Gasteiger partial charge >= 0.3 is 0 Å². The molecule has 0 atom stereocenters. The third kappa shape index (κ3) is 3.86. The Morgan fingerprint density at radius 3 is 2.80 bits per heavy atom. The van der Waals surface area contributed by atoms with E-state index in [4.69, 9.17) is 5.73 Å². The molecule has 8 heteroatoms. The Labute approximate surface area is 144 Å². The number of aromatic nitrogens is 2. The standard InChI is InChI=1S/C17H16N4O3S/c1-25(23,24)21-13-5-2-4-11(8-13)15(16(18)22)9-12-10-20-17-14(12)6-3-7-19-17/h2-10,21H,1H3,(H2,18,22)(H,19,20). The zero-order chi connectivity index (χ0) is 18.0. The van der Waals surface area contributed by atoms with Gasteiger partial charge in [-0.1, -0.05) is 12.1 Å². The van der Waals surface area contributed by atoms with E-state index in [0.29, 0.717) is 16.9 Å². The van der Waals surface area contributed by atoms with Crippen LogP contribution in [0.5, 0.6) is 0 Å². The lowest BCUT2D eigenvalue weighted by molar-refractivity contribution is -0.112. The zero-order valence-electron chi connectivity index (χ0n) is 13.4. The fourth-order valence-electron chi connectivity index (χ4n) is 2.51. The van der Waals surface area contributed by atoms with Crippen LogP contribution in [0.25, 0.3) is 22.7 Å². The number of hydrogen-bond donors (Lipinski definition) is 3.